The van der Waals surface area contributed by atoms with E-state index < -0.39 is 5.60 Å². The van der Waals surface area contributed by atoms with Gasteiger partial charge >= 0.3 is 12.2 Å². The second-order valence-corrected chi connectivity index (χ2v) is 7.74. The number of amides is 2. The second-order valence-electron chi connectivity index (χ2n) is 7.74. The number of nitrogens with zero attached hydrogens (tertiary/aromatic N) is 2. The van der Waals surface area contributed by atoms with Crippen molar-refractivity contribution in [3.8, 4) is 0 Å². The van der Waals surface area contributed by atoms with Gasteiger partial charge in [-0.3, -0.25) is 0 Å². The van der Waals surface area contributed by atoms with Crippen molar-refractivity contribution in [3.63, 3.8) is 0 Å². The molecule has 0 bridgehead atoms. The minimum absolute atomic E-state index is 0.168. The standard InChI is InChI=1S/C19H26N2O4/c1-19(2,3)25-17(22)20-10-9-16-15(11-20)12-21(16)18(23)24-13-14-7-5-4-6-8-14/h4-8,15-16H,9-13H2,1-3H3. The summed E-state index contributed by atoms with van der Waals surface area (Å²) in [6.45, 7) is 7.78. The molecule has 1 aromatic rings. The summed E-state index contributed by atoms with van der Waals surface area (Å²) in [5.41, 5.74) is 0.494. The molecule has 0 aliphatic carbocycles. The molecule has 2 amide bonds. The smallest absolute Gasteiger partial charge is 0.410 e. The van der Waals surface area contributed by atoms with Crippen molar-refractivity contribution in [2.24, 2.45) is 5.92 Å². The van der Waals surface area contributed by atoms with Crippen LogP contribution in [0.5, 0.6) is 0 Å². The molecule has 2 heterocycles. The normalized spacial score (nSPS) is 22.7. The molecule has 0 saturated carbocycles. The summed E-state index contributed by atoms with van der Waals surface area (Å²) in [5, 5.41) is 0. The van der Waals surface area contributed by atoms with Crippen molar-refractivity contribution in [3.05, 3.63) is 35.9 Å². The van der Waals surface area contributed by atoms with Crippen molar-refractivity contribution >= 4 is 12.2 Å². The van der Waals surface area contributed by atoms with Gasteiger partial charge in [0.15, 0.2) is 0 Å². The van der Waals surface area contributed by atoms with E-state index in [2.05, 4.69) is 0 Å². The predicted molar refractivity (Wildman–Crippen MR) is 93.0 cm³/mol. The van der Waals surface area contributed by atoms with E-state index in [1.807, 2.05) is 51.1 Å². The van der Waals surface area contributed by atoms with Crippen molar-refractivity contribution in [2.75, 3.05) is 19.6 Å². The Balaban J connectivity index is 1.46. The number of carbonyl (C=O) groups is 2. The average molecular weight is 346 g/mol. The fourth-order valence-corrected chi connectivity index (χ4v) is 3.36. The lowest BCUT2D eigenvalue weighted by Gasteiger charge is -2.52. The summed E-state index contributed by atoms with van der Waals surface area (Å²) in [6.07, 6.45) is 0.233. The van der Waals surface area contributed by atoms with Gasteiger partial charge < -0.3 is 19.3 Å². The molecule has 0 radical (unpaired) electrons. The van der Waals surface area contributed by atoms with Gasteiger partial charge in [-0.15, -0.1) is 0 Å². The Morgan fingerprint density at radius 2 is 1.84 bits per heavy atom. The van der Waals surface area contributed by atoms with Crippen molar-refractivity contribution in [1.29, 1.82) is 0 Å². The lowest BCUT2D eigenvalue weighted by molar-refractivity contribution is -0.0463. The number of fused-ring (bicyclic) bond motifs is 1. The van der Waals surface area contributed by atoms with Gasteiger partial charge in [-0.05, 0) is 32.8 Å². The quantitative estimate of drug-likeness (QED) is 0.825. The van der Waals surface area contributed by atoms with Gasteiger partial charge in [0.05, 0.1) is 0 Å². The summed E-state index contributed by atoms with van der Waals surface area (Å²) in [6, 6.07) is 9.83. The van der Waals surface area contributed by atoms with Crippen molar-refractivity contribution in [1.82, 2.24) is 9.80 Å². The molecule has 2 unspecified atom stereocenters. The number of likely N-dealkylation sites (tertiary alicyclic amines) is 2. The molecule has 0 N–H and O–H groups in total. The molecule has 3 rings (SSSR count). The summed E-state index contributed by atoms with van der Waals surface area (Å²) in [7, 11) is 0. The largest absolute Gasteiger partial charge is 0.445 e. The van der Waals surface area contributed by atoms with Crippen LogP contribution >= 0.6 is 0 Å². The fourth-order valence-electron chi connectivity index (χ4n) is 3.36. The Labute approximate surface area is 148 Å². The van der Waals surface area contributed by atoms with Gasteiger partial charge in [0.25, 0.3) is 0 Å². The van der Waals surface area contributed by atoms with Gasteiger partial charge in [0.1, 0.15) is 12.2 Å². The highest BCUT2D eigenvalue weighted by Gasteiger charge is 2.47. The van der Waals surface area contributed by atoms with Crippen molar-refractivity contribution in [2.45, 2.75) is 45.4 Å². The van der Waals surface area contributed by atoms with Crippen LogP contribution in [0.4, 0.5) is 9.59 Å². The Bertz CT molecular complexity index is 626. The van der Waals surface area contributed by atoms with Crippen LogP contribution in [0.25, 0.3) is 0 Å². The number of carbonyl (C=O) groups excluding carboxylic acids is 2. The van der Waals surface area contributed by atoms with Gasteiger partial charge in [-0.1, -0.05) is 30.3 Å². The number of hydrogen-bond donors (Lipinski definition) is 0. The van der Waals surface area contributed by atoms with E-state index in [0.717, 1.165) is 12.0 Å². The Morgan fingerprint density at radius 3 is 2.48 bits per heavy atom. The molecular formula is C19H26N2O4. The van der Waals surface area contributed by atoms with Crippen LogP contribution in [-0.4, -0.2) is 53.3 Å². The van der Waals surface area contributed by atoms with E-state index in [9.17, 15) is 9.59 Å². The number of hydrogen-bond acceptors (Lipinski definition) is 4. The molecule has 2 aliphatic rings. The van der Waals surface area contributed by atoms with Gasteiger partial charge in [0, 0.05) is 31.6 Å². The number of ether oxygens (including phenoxy) is 2. The first-order valence-electron chi connectivity index (χ1n) is 8.79. The molecule has 1 aromatic carbocycles. The SMILES string of the molecule is CC(C)(C)OC(=O)N1CCC2C(C1)CN2C(=O)OCc1ccccc1. The molecular weight excluding hydrogens is 320 g/mol. The summed E-state index contributed by atoms with van der Waals surface area (Å²) in [5.74, 6) is 0.311. The molecule has 2 saturated heterocycles. The van der Waals surface area contributed by atoms with E-state index in [1.165, 1.54) is 0 Å². The molecule has 136 valence electrons. The molecule has 2 fully saturated rings. The van der Waals surface area contributed by atoms with E-state index in [1.54, 1.807) is 9.80 Å². The molecule has 2 atom stereocenters. The predicted octanol–water partition coefficient (Wildman–Crippen LogP) is 3.26. The second kappa shape index (κ2) is 6.94. The highest BCUT2D eigenvalue weighted by Crippen LogP contribution is 2.33. The van der Waals surface area contributed by atoms with Crippen LogP contribution in [0.1, 0.15) is 32.8 Å². The maximum absolute atomic E-state index is 12.3. The lowest BCUT2D eigenvalue weighted by atomic mass is 9.83. The first-order valence-corrected chi connectivity index (χ1v) is 8.79. The highest BCUT2D eigenvalue weighted by molar-refractivity contribution is 5.70. The van der Waals surface area contributed by atoms with Gasteiger partial charge in [0.2, 0.25) is 0 Å². The molecule has 2 aliphatic heterocycles. The number of piperidine rings is 1. The minimum Gasteiger partial charge on any atom is -0.445 e. The Morgan fingerprint density at radius 1 is 1.12 bits per heavy atom. The van der Waals surface area contributed by atoms with Crippen LogP contribution in [0.3, 0.4) is 0 Å². The van der Waals surface area contributed by atoms with Crippen LogP contribution in [0.2, 0.25) is 0 Å². The molecule has 0 spiro atoms. The summed E-state index contributed by atoms with van der Waals surface area (Å²) >= 11 is 0. The Kier molecular flexibility index (Phi) is 4.88. The van der Waals surface area contributed by atoms with Crippen LogP contribution < -0.4 is 0 Å². The molecule has 6 nitrogen and oxygen atoms in total. The van der Waals surface area contributed by atoms with E-state index in [-0.39, 0.29) is 24.8 Å². The first kappa shape index (κ1) is 17.6. The highest BCUT2D eigenvalue weighted by atomic mass is 16.6. The zero-order chi connectivity index (χ0) is 18.0. The maximum Gasteiger partial charge on any atom is 0.410 e. The van der Waals surface area contributed by atoms with Gasteiger partial charge in [-0.2, -0.15) is 0 Å². The first-order chi connectivity index (χ1) is 11.8. The number of rotatable bonds is 2. The van der Waals surface area contributed by atoms with E-state index in [0.29, 0.717) is 25.6 Å². The fraction of sp³-hybridized carbons (Fsp3) is 0.579. The average Bonchev–Trinajstić information content (AvgIpc) is 2.53. The van der Waals surface area contributed by atoms with Crippen LogP contribution in [0.15, 0.2) is 30.3 Å². The lowest BCUT2D eigenvalue weighted by Crippen LogP contribution is -2.65. The maximum atomic E-state index is 12.3. The Hall–Kier alpha value is -2.24. The van der Waals surface area contributed by atoms with E-state index >= 15 is 0 Å². The zero-order valence-corrected chi connectivity index (χ0v) is 15.1. The molecule has 0 aromatic heterocycles. The summed E-state index contributed by atoms with van der Waals surface area (Å²) < 4.78 is 10.8. The van der Waals surface area contributed by atoms with Gasteiger partial charge in [-0.25, -0.2) is 9.59 Å². The third-order valence-electron chi connectivity index (χ3n) is 4.62. The van der Waals surface area contributed by atoms with Crippen LogP contribution in [-0.2, 0) is 16.1 Å². The van der Waals surface area contributed by atoms with Crippen molar-refractivity contribution < 1.29 is 19.1 Å². The molecule has 6 heteroatoms. The van der Waals surface area contributed by atoms with Crippen LogP contribution in [0, 0.1) is 5.92 Å². The third kappa shape index (κ3) is 4.24. The third-order valence-corrected chi connectivity index (χ3v) is 4.62. The minimum atomic E-state index is -0.485. The number of benzene rings is 1. The molecule has 25 heavy (non-hydrogen) atoms. The summed E-state index contributed by atoms with van der Waals surface area (Å²) in [4.78, 5) is 27.9. The monoisotopic (exact) mass is 346 g/mol. The van der Waals surface area contributed by atoms with E-state index in [4.69, 9.17) is 9.47 Å². The zero-order valence-electron chi connectivity index (χ0n) is 15.1. The topological polar surface area (TPSA) is 59.1 Å².